The van der Waals surface area contributed by atoms with Gasteiger partial charge < -0.3 is 14.1 Å². The van der Waals surface area contributed by atoms with Crippen LogP contribution in [0.2, 0.25) is 0 Å². The molecule has 2 rings (SSSR count). The van der Waals surface area contributed by atoms with Gasteiger partial charge in [0, 0.05) is 25.8 Å². The number of hydrogen-bond donors (Lipinski definition) is 0. The first-order valence-corrected chi connectivity index (χ1v) is 5.56. The predicted octanol–water partition coefficient (Wildman–Crippen LogP) is 2.83. The molecule has 0 radical (unpaired) electrons. The van der Waals surface area contributed by atoms with Crippen LogP contribution in [0, 0.1) is 0 Å². The molecule has 0 aliphatic heterocycles. The standard InChI is InChI=1S/C14H15NO3/c1-15(2)10-4-6-12(14(8-10)17-3)13-7-5-11(9-16)18-13/h4-9H,1-3H3. The second-order valence-corrected chi connectivity index (χ2v) is 4.10. The molecule has 0 saturated carbocycles. The molecule has 94 valence electrons. The van der Waals surface area contributed by atoms with Gasteiger partial charge in [-0.25, -0.2) is 0 Å². The van der Waals surface area contributed by atoms with Gasteiger partial charge in [0.1, 0.15) is 11.5 Å². The number of rotatable bonds is 4. The lowest BCUT2D eigenvalue weighted by Crippen LogP contribution is -2.08. The third kappa shape index (κ3) is 2.22. The van der Waals surface area contributed by atoms with Crippen LogP contribution >= 0.6 is 0 Å². The number of ether oxygens (including phenoxy) is 1. The topological polar surface area (TPSA) is 42.7 Å². The summed E-state index contributed by atoms with van der Waals surface area (Å²) in [5.74, 6) is 1.65. The fourth-order valence-corrected chi connectivity index (χ4v) is 1.72. The van der Waals surface area contributed by atoms with Gasteiger partial charge in [-0.2, -0.15) is 0 Å². The van der Waals surface area contributed by atoms with E-state index in [2.05, 4.69) is 0 Å². The molecule has 0 saturated heterocycles. The summed E-state index contributed by atoms with van der Waals surface area (Å²) in [7, 11) is 5.54. The number of furan rings is 1. The summed E-state index contributed by atoms with van der Waals surface area (Å²) in [5.41, 5.74) is 1.87. The van der Waals surface area contributed by atoms with Gasteiger partial charge in [0.15, 0.2) is 12.0 Å². The third-order valence-electron chi connectivity index (χ3n) is 2.71. The maximum atomic E-state index is 10.6. The molecule has 4 nitrogen and oxygen atoms in total. The summed E-state index contributed by atoms with van der Waals surface area (Å²) in [4.78, 5) is 12.6. The van der Waals surface area contributed by atoms with Gasteiger partial charge in [-0.15, -0.1) is 0 Å². The highest BCUT2D eigenvalue weighted by Crippen LogP contribution is 2.33. The number of aldehydes is 1. The molecule has 1 heterocycles. The molecule has 0 N–H and O–H groups in total. The Labute approximate surface area is 106 Å². The highest BCUT2D eigenvalue weighted by atomic mass is 16.5. The molecule has 0 bridgehead atoms. The van der Waals surface area contributed by atoms with Crippen LogP contribution in [0.5, 0.6) is 5.75 Å². The first kappa shape index (κ1) is 12.2. The maximum Gasteiger partial charge on any atom is 0.185 e. The van der Waals surface area contributed by atoms with Gasteiger partial charge in [0.2, 0.25) is 0 Å². The van der Waals surface area contributed by atoms with Crippen molar-refractivity contribution in [2.75, 3.05) is 26.1 Å². The minimum absolute atomic E-state index is 0.309. The first-order valence-electron chi connectivity index (χ1n) is 5.56. The molecule has 1 aromatic carbocycles. The van der Waals surface area contributed by atoms with Crippen LogP contribution in [-0.4, -0.2) is 27.5 Å². The van der Waals surface area contributed by atoms with E-state index in [4.69, 9.17) is 9.15 Å². The van der Waals surface area contributed by atoms with E-state index in [0.29, 0.717) is 23.6 Å². The van der Waals surface area contributed by atoms with Crippen LogP contribution in [0.25, 0.3) is 11.3 Å². The van der Waals surface area contributed by atoms with Gasteiger partial charge in [0.05, 0.1) is 12.7 Å². The number of anilines is 1. The minimum Gasteiger partial charge on any atom is -0.496 e. The van der Waals surface area contributed by atoms with E-state index >= 15 is 0 Å². The molecule has 0 aliphatic carbocycles. The van der Waals surface area contributed by atoms with Crippen LogP contribution in [0.3, 0.4) is 0 Å². The average Bonchev–Trinajstić information content (AvgIpc) is 2.86. The molecule has 0 aliphatic rings. The number of carbonyl (C=O) groups is 1. The van der Waals surface area contributed by atoms with Crippen LogP contribution in [0.15, 0.2) is 34.7 Å². The number of carbonyl (C=O) groups excluding carboxylic acids is 1. The van der Waals surface area contributed by atoms with Crippen LogP contribution < -0.4 is 9.64 Å². The Morgan fingerprint density at radius 2 is 2.00 bits per heavy atom. The van der Waals surface area contributed by atoms with E-state index in [9.17, 15) is 4.79 Å². The quantitative estimate of drug-likeness (QED) is 0.777. The highest BCUT2D eigenvalue weighted by molar-refractivity contribution is 5.75. The Morgan fingerprint density at radius 3 is 2.56 bits per heavy atom. The predicted molar refractivity (Wildman–Crippen MR) is 70.4 cm³/mol. The normalized spacial score (nSPS) is 10.2. The molecule has 0 spiro atoms. The summed E-state index contributed by atoms with van der Waals surface area (Å²) in [6, 6.07) is 9.22. The molecule has 4 heteroatoms. The Morgan fingerprint density at radius 1 is 1.22 bits per heavy atom. The van der Waals surface area contributed by atoms with Gasteiger partial charge in [-0.1, -0.05) is 0 Å². The van der Waals surface area contributed by atoms with E-state index in [-0.39, 0.29) is 0 Å². The van der Waals surface area contributed by atoms with Crippen LogP contribution in [-0.2, 0) is 0 Å². The SMILES string of the molecule is COc1cc(N(C)C)ccc1-c1ccc(C=O)o1. The zero-order chi connectivity index (χ0) is 13.1. The van der Waals surface area contributed by atoms with Gasteiger partial charge >= 0.3 is 0 Å². The number of benzene rings is 1. The van der Waals surface area contributed by atoms with Crippen molar-refractivity contribution in [2.45, 2.75) is 0 Å². The van der Waals surface area contributed by atoms with E-state index in [1.807, 2.05) is 37.2 Å². The van der Waals surface area contributed by atoms with Crippen LogP contribution in [0.4, 0.5) is 5.69 Å². The molecule has 0 unspecified atom stereocenters. The largest absolute Gasteiger partial charge is 0.496 e. The fraction of sp³-hybridized carbons (Fsp3) is 0.214. The van der Waals surface area contributed by atoms with E-state index in [1.165, 1.54) is 0 Å². The lowest BCUT2D eigenvalue weighted by molar-refractivity contribution is 0.110. The van der Waals surface area contributed by atoms with Gasteiger partial charge in [-0.05, 0) is 24.3 Å². The van der Waals surface area contributed by atoms with Gasteiger partial charge in [-0.3, -0.25) is 4.79 Å². The Bertz CT molecular complexity index is 558. The molecule has 1 aromatic heterocycles. The van der Waals surface area contributed by atoms with Crippen LogP contribution in [0.1, 0.15) is 10.6 Å². The Hall–Kier alpha value is -2.23. The Balaban J connectivity index is 2.47. The molecule has 2 aromatic rings. The summed E-state index contributed by atoms with van der Waals surface area (Å²) < 4.78 is 10.8. The van der Waals surface area contributed by atoms with Crippen molar-refractivity contribution in [3.8, 4) is 17.1 Å². The van der Waals surface area contributed by atoms with Crippen molar-refractivity contribution in [1.29, 1.82) is 0 Å². The molecule has 0 amide bonds. The maximum absolute atomic E-state index is 10.6. The highest BCUT2D eigenvalue weighted by Gasteiger charge is 2.11. The lowest BCUT2D eigenvalue weighted by Gasteiger charge is -2.15. The van der Waals surface area contributed by atoms with Crippen molar-refractivity contribution in [2.24, 2.45) is 0 Å². The zero-order valence-electron chi connectivity index (χ0n) is 10.6. The summed E-state index contributed by atoms with van der Waals surface area (Å²) in [6.45, 7) is 0. The number of methoxy groups -OCH3 is 1. The van der Waals surface area contributed by atoms with Crippen molar-refractivity contribution in [3.63, 3.8) is 0 Å². The van der Waals surface area contributed by atoms with Crippen molar-refractivity contribution >= 4 is 12.0 Å². The summed E-state index contributed by atoms with van der Waals surface area (Å²) in [6.07, 6.45) is 0.685. The van der Waals surface area contributed by atoms with Gasteiger partial charge in [0.25, 0.3) is 0 Å². The van der Waals surface area contributed by atoms with E-state index in [0.717, 1.165) is 11.3 Å². The van der Waals surface area contributed by atoms with Crippen molar-refractivity contribution < 1.29 is 13.9 Å². The first-order chi connectivity index (χ1) is 8.65. The fourth-order valence-electron chi connectivity index (χ4n) is 1.72. The smallest absolute Gasteiger partial charge is 0.185 e. The van der Waals surface area contributed by atoms with Crippen molar-refractivity contribution in [1.82, 2.24) is 0 Å². The molecular weight excluding hydrogens is 230 g/mol. The zero-order valence-corrected chi connectivity index (χ0v) is 10.6. The lowest BCUT2D eigenvalue weighted by atomic mass is 10.1. The summed E-state index contributed by atoms with van der Waals surface area (Å²) in [5, 5.41) is 0. The number of nitrogens with zero attached hydrogens (tertiary/aromatic N) is 1. The van der Waals surface area contributed by atoms with E-state index < -0.39 is 0 Å². The molecular formula is C14H15NO3. The molecule has 0 atom stereocenters. The number of hydrogen-bond acceptors (Lipinski definition) is 4. The second-order valence-electron chi connectivity index (χ2n) is 4.10. The second kappa shape index (κ2) is 4.96. The monoisotopic (exact) mass is 245 g/mol. The minimum atomic E-state index is 0.309. The van der Waals surface area contributed by atoms with Crippen molar-refractivity contribution in [3.05, 3.63) is 36.1 Å². The average molecular weight is 245 g/mol. The third-order valence-corrected chi connectivity index (χ3v) is 2.71. The Kier molecular flexibility index (Phi) is 3.37. The molecule has 18 heavy (non-hydrogen) atoms. The summed E-state index contributed by atoms with van der Waals surface area (Å²) >= 11 is 0. The molecule has 0 fully saturated rings. The van der Waals surface area contributed by atoms with E-state index in [1.54, 1.807) is 19.2 Å².